The standard InChI is InChI=1S/C7H6F.BrH.Zn/c1-6-3-2-4-7(8)5-6;;/h2-3,5H,1H3;1H;/q-1;;+2/p-1. The summed E-state index contributed by atoms with van der Waals surface area (Å²) in [5.74, 6) is -0.287. The predicted octanol–water partition coefficient (Wildman–Crippen LogP) is 2.78. The van der Waals surface area contributed by atoms with Gasteiger partial charge in [-0.3, -0.25) is 0 Å². The van der Waals surface area contributed by atoms with Gasteiger partial charge in [-0.25, -0.2) is 4.39 Å². The molecule has 0 saturated heterocycles. The van der Waals surface area contributed by atoms with Crippen molar-refractivity contribution in [2.24, 2.45) is 0 Å². The van der Waals surface area contributed by atoms with Gasteiger partial charge in [0, 0.05) is 5.82 Å². The molecule has 0 spiro atoms. The molecule has 0 bridgehead atoms. The molecule has 0 saturated carbocycles. The molecular weight excluding hydrogens is 248 g/mol. The fraction of sp³-hybridized carbons (Fsp3) is 0.143. The zero-order valence-electron chi connectivity index (χ0n) is 5.70. The average molecular weight is 254 g/mol. The van der Waals surface area contributed by atoms with Crippen LogP contribution in [0.4, 0.5) is 4.39 Å². The molecule has 0 amide bonds. The van der Waals surface area contributed by atoms with Gasteiger partial charge in [-0.05, 0) is 0 Å². The monoisotopic (exact) mass is 252 g/mol. The zero-order valence-corrected chi connectivity index (χ0v) is 10.2. The van der Waals surface area contributed by atoms with Gasteiger partial charge in [0.15, 0.2) is 0 Å². The molecule has 1 aromatic rings. The Balaban J connectivity index is 0.000000371. The van der Waals surface area contributed by atoms with Crippen LogP contribution in [0.3, 0.4) is 0 Å². The Morgan fingerprint density at radius 3 is 2.50 bits per heavy atom. The summed E-state index contributed by atoms with van der Waals surface area (Å²) in [7, 11) is 0. The van der Waals surface area contributed by atoms with E-state index in [1.165, 1.54) is 22.4 Å². The maximum atomic E-state index is 12.1. The van der Waals surface area contributed by atoms with Gasteiger partial charge >= 0.3 is 30.0 Å². The van der Waals surface area contributed by atoms with E-state index in [9.17, 15) is 4.39 Å². The van der Waals surface area contributed by atoms with Gasteiger partial charge in [0.2, 0.25) is 0 Å². The van der Waals surface area contributed by atoms with Crippen LogP contribution in [0.15, 0.2) is 18.2 Å². The van der Waals surface area contributed by atoms with Crippen molar-refractivity contribution in [2.75, 3.05) is 0 Å². The first-order valence-corrected chi connectivity index (χ1v) is 9.64. The minimum absolute atomic E-state index is 0.287. The van der Waals surface area contributed by atoms with Gasteiger partial charge in [0.05, 0.1) is 0 Å². The molecule has 0 fully saturated rings. The van der Waals surface area contributed by atoms with Gasteiger partial charge < -0.3 is 0 Å². The number of halogens is 2. The van der Waals surface area contributed by atoms with E-state index in [2.05, 4.69) is 19.7 Å². The van der Waals surface area contributed by atoms with E-state index in [1.807, 2.05) is 13.0 Å². The summed E-state index contributed by atoms with van der Waals surface area (Å²) < 4.78 is 12.1. The van der Waals surface area contributed by atoms with Crippen LogP contribution in [0.5, 0.6) is 0 Å². The van der Waals surface area contributed by atoms with E-state index in [-0.39, 0.29) is 5.82 Å². The minimum atomic E-state index is -0.287. The summed E-state index contributed by atoms with van der Waals surface area (Å²) in [6.07, 6.45) is 0. The van der Waals surface area contributed by atoms with Crippen LogP contribution in [-0.4, -0.2) is 0 Å². The molecule has 0 heterocycles. The summed E-state index contributed by atoms with van der Waals surface area (Å²) in [5.41, 5.74) is 0.932. The Labute approximate surface area is 76.9 Å². The van der Waals surface area contributed by atoms with Crippen LogP contribution in [0.2, 0.25) is 0 Å². The summed E-state index contributed by atoms with van der Waals surface area (Å²) in [4.78, 5) is 0. The van der Waals surface area contributed by atoms with E-state index in [0.717, 1.165) is 5.56 Å². The van der Waals surface area contributed by atoms with E-state index in [1.54, 1.807) is 6.07 Å². The molecule has 50 valence electrons. The summed E-state index contributed by atoms with van der Waals surface area (Å²) in [6, 6.07) is 7.23. The third-order valence-corrected chi connectivity index (χ3v) is 0.922. The van der Waals surface area contributed by atoms with Gasteiger partial charge in [0.25, 0.3) is 0 Å². The molecule has 0 radical (unpaired) electrons. The first-order valence-electron chi connectivity index (χ1n) is 2.69. The molecule has 3 heteroatoms. The molecule has 0 aliphatic heterocycles. The van der Waals surface area contributed by atoms with Crippen molar-refractivity contribution >= 4 is 13.6 Å². The molecule has 1 rings (SSSR count). The summed E-state index contributed by atoms with van der Waals surface area (Å²) in [6.45, 7) is 1.84. The topological polar surface area (TPSA) is 0 Å². The Bertz CT molecular complexity index is 173. The molecule has 0 aliphatic rings. The second kappa shape index (κ2) is 6.00. The van der Waals surface area contributed by atoms with Crippen LogP contribution < -0.4 is 0 Å². The van der Waals surface area contributed by atoms with Crippen molar-refractivity contribution in [1.29, 1.82) is 0 Å². The third-order valence-electron chi connectivity index (χ3n) is 0.922. The number of rotatable bonds is 0. The van der Waals surface area contributed by atoms with E-state index < -0.39 is 0 Å². The van der Waals surface area contributed by atoms with Crippen molar-refractivity contribution in [3.63, 3.8) is 0 Å². The number of benzene rings is 1. The fourth-order valence-corrected chi connectivity index (χ4v) is 0.542. The predicted molar refractivity (Wildman–Crippen MR) is 38.9 cm³/mol. The number of hydrogen-bond donors (Lipinski definition) is 0. The Hall–Kier alpha value is 0.253. The molecule has 1 aromatic carbocycles. The maximum absolute atomic E-state index is 12.1. The summed E-state index contributed by atoms with van der Waals surface area (Å²) >= 11 is 4.25. The molecule has 10 heavy (non-hydrogen) atoms. The second-order valence-corrected chi connectivity index (χ2v) is 1.71. The Morgan fingerprint density at radius 1 is 1.60 bits per heavy atom. The SMILES string of the molecule is Cc1cc[c-]c(F)c1.[Zn+][Br]. The molecule has 0 nitrogen and oxygen atoms in total. The van der Waals surface area contributed by atoms with Gasteiger partial charge in [-0.15, -0.1) is 12.1 Å². The number of aryl methyl sites for hydroxylation is 1. The molecular formula is C7H6BrFZn. The molecule has 0 unspecified atom stereocenters. The van der Waals surface area contributed by atoms with Gasteiger partial charge in [0.1, 0.15) is 0 Å². The Kier molecular flexibility index (Phi) is 6.15. The molecule has 0 N–H and O–H groups in total. The second-order valence-electron chi connectivity index (χ2n) is 1.71. The average Bonchev–Trinajstić information content (AvgIpc) is 1.91. The first-order chi connectivity index (χ1) is 4.79. The fourth-order valence-electron chi connectivity index (χ4n) is 0.542. The Morgan fingerprint density at radius 2 is 2.20 bits per heavy atom. The quantitative estimate of drug-likeness (QED) is 0.493. The molecule has 0 atom stereocenters. The van der Waals surface area contributed by atoms with E-state index in [4.69, 9.17) is 0 Å². The normalized spacial score (nSPS) is 8.10. The van der Waals surface area contributed by atoms with E-state index in [0.29, 0.717) is 0 Å². The van der Waals surface area contributed by atoms with Crippen LogP contribution in [0, 0.1) is 18.8 Å². The molecule has 0 aliphatic carbocycles. The van der Waals surface area contributed by atoms with Crippen molar-refractivity contribution in [1.82, 2.24) is 0 Å². The van der Waals surface area contributed by atoms with Crippen LogP contribution >= 0.6 is 13.6 Å². The van der Waals surface area contributed by atoms with Crippen molar-refractivity contribution in [3.05, 3.63) is 35.6 Å². The number of hydrogen-bond acceptors (Lipinski definition) is 0. The van der Waals surface area contributed by atoms with Crippen molar-refractivity contribution in [2.45, 2.75) is 6.92 Å². The van der Waals surface area contributed by atoms with Gasteiger partial charge in [-0.2, -0.15) is 17.7 Å². The van der Waals surface area contributed by atoms with E-state index >= 15 is 0 Å². The van der Waals surface area contributed by atoms with Crippen LogP contribution in [0.25, 0.3) is 0 Å². The van der Waals surface area contributed by atoms with Gasteiger partial charge in [-0.1, -0.05) is 6.92 Å². The third kappa shape index (κ3) is 4.13. The van der Waals surface area contributed by atoms with Crippen molar-refractivity contribution in [3.8, 4) is 0 Å². The van der Waals surface area contributed by atoms with Crippen LogP contribution in [0.1, 0.15) is 5.56 Å². The zero-order chi connectivity index (χ0) is 7.98. The van der Waals surface area contributed by atoms with Crippen molar-refractivity contribution < 1.29 is 20.7 Å². The molecule has 0 aromatic heterocycles. The van der Waals surface area contributed by atoms with Crippen LogP contribution in [-0.2, 0) is 16.3 Å². The first kappa shape index (κ1) is 10.3. The summed E-state index contributed by atoms with van der Waals surface area (Å²) in [5, 5.41) is 0.